The number of amides is 2. The quantitative estimate of drug-likeness (QED) is 0.772. The molecule has 2 aromatic rings. The van der Waals surface area contributed by atoms with Crippen LogP contribution < -0.4 is 5.76 Å². The fraction of sp³-hybridized carbons (Fsp3) is 0.250. The minimum absolute atomic E-state index is 0.225. The topological polar surface area (TPSA) is 93.3 Å². The fourth-order valence-corrected chi connectivity index (χ4v) is 2.28. The zero-order valence-corrected chi connectivity index (χ0v) is 10.1. The van der Waals surface area contributed by atoms with E-state index in [-0.39, 0.29) is 12.1 Å². The van der Waals surface area contributed by atoms with Gasteiger partial charge in [-0.15, -0.1) is 0 Å². The Kier molecular flexibility index (Phi) is 2.32. The summed E-state index contributed by atoms with van der Waals surface area (Å²) < 4.78 is 4.99. The molecular formula is C12H10N4O3. The number of urea groups is 1. The number of oxazole rings is 1. The SMILES string of the molecule is CN1C(=O)N(C#N)CC1c1ccc2[nH]c(=O)oc2c1. The summed E-state index contributed by atoms with van der Waals surface area (Å²) in [7, 11) is 1.64. The van der Waals surface area contributed by atoms with Crippen molar-refractivity contribution in [2.24, 2.45) is 0 Å². The monoisotopic (exact) mass is 258 g/mol. The van der Waals surface area contributed by atoms with Gasteiger partial charge in [0.25, 0.3) is 0 Å². The molecule has 1 saturated heterocycles. The number of nitriles is 1. The number of likely N-dealkylation sites (N-methyl/N-ethyl adjacent to an activating group) is 1. The van der Waals surface area contributed by atoms with Crippen LogP contribution in [-0.4, -0.2) is 34.4 Å². The van der Waals surface area contributed by atoms with E-state index in [2.05, 4.69) is 4.98 Å². The van der Waals surface area contributed by atoms with Crippen LogP contribution in [0.5, 0.6) is 0 Å². The van der Waals surface area contributed by atoms with Gasteiger partial charge in [0.05, 0.1) is 18.1 Å². The second kappa shape index (κ2) is 3.88. The van der Waals surface area contributed by atoms with Crippen molar-refractivity contribution in [3.8, 4) is 6.19 Å². The Hall–Kier alpha value is -2.75. The van der Waals surface area contributed by atoms with Gasteiger partial charge in [-0.25, -0.2) is 14.5 Å². The summed E-state index contributed by atoms with van der Waals surface area (Å²) in [6.45, 7) is 0.298. The van der Waals surface area contributed by atoms with Crippen LogP contribution >= 0.6 is 0 Å². The first kappa shape index (κ1) is 11.3. The highest BCUT2D eigenvalue weighted by atomic mass is 16.4. The van der Waals surface area contributed by atoms with Gasteiger partial charge >= 0.3 is 11.8 Å². The van der Waals surface area contributed by atoms with Crippen LogP contribution in [0.4, 0.5) is 4.79 Å². The third kappa shape index (κ3) is 1.65. The number of hydrogen-bond donors (Lipinski definition) is 1. The van der Waals surface area contributed by atoms with Crippen LogP contribution in [0.1, 0.15) is 11.6 Å². The first-order chi connectivity index (χ1) is 9.10. The molecule has 1 aliphatic rings. The van der Waals surface area contributed by atoms with Crippen LogP contribution in [0.15, 0.2) is 27.4 Å². The lowest BCUT2D eigenvalue weighted by molar-refractivity contribution is 0.205. The zero-order valence-electron chi connectivity index (χ0n) is 10.1. The molecule has 7 nitrogen and oxygen atoms in total. The van der Waals surface area contributed by atoms with E-state index in [1.54, 1.807) is 19.2 Å². The number of nitrogens with zero attached hydrogens (tertiary/aromatic N) is 3. The fourth-order valence-electron chi connectivity index (χ4n) is 2.28. The molecule has 1 aliphatic heterocycles. The predicted molar refractivity (Wildman–Crippen MR) is 65.1 cm³/mol. The van der Waals surface area contributed by atoms with E-state index in [0.29, 0.717) is 17.6 Å². The number of H-pyrrole nitrogens is 1. The molecule has 1 N–H and O–H groups in total. The number of carbonyl (C=O) groups excluding carboxylic acids is 1. The van der Waals surface area contributed by atoms with Crippen molar-refractivity contribution in [1.82, 2.24) is 14.8 Å². The molecule has 0 bridgehead atoms. The maximum absolute atomic E-state index is 11.7. The number of carbonyl (C=O) groups is 1. The van der Waals surface area contributed by atoms with Gasteiger partial charge in [0.2, 0.25) is 0 Å². The van der Waals surface area contributed by atoms with E-state index in [4.69, 9.17) is 9.68 Å². The zero-order chi connectivity index (χ0) is 13.6. The van der Waals surface area contributed by atoms with Crippen molar-refractivity contribution >= 4 is 17.1 Å². The van der Waals surface area contributed by atoms with Gasteiger partial charge in [0.15, 0.2) is 11.8 Å². The van der Waals surface area contributed by atoms with Crippen LogP contribution in [0.25, 0.3) is 11.1 Å². The molecule has 0 saturated carbocycles. The number of nitrogens with one attached hydrogen (secondary N) is 1. The molecule has 0 aliphatic carbocycles. The molecule has 19 heavy (non-hydrogen) atoms. The summed E-state index contributed by atoms with van der Waals surface area (Å²) in [5.74, 6) is -0.512. The van der Waals surface area contributed by atoms with Gasteiger partial charge in [-0.3, -0.25) is 4.98 Å². The molecule has 2 heterocycles. The van der Waals surface area contributed by atoms with E-state index in [0.717, 1.165) is 10.5 Å². The standard InChI is InChI=1S/C12H10N4O3/c1-15-9(5-16(6-13)12(15)18)7-2-3-8-10(4-7)19-11(17)14-8/h2-4,9H,5H2,1H3,(H,14,17). The molecule has 0 radical (unpaired) electrons. The van der Waals surface area contributed by atoms with Gasteiger partial charge in [-0.2, -0.15) is 5.26 Å². The highest BCUT2D eigenvalue weighted by Gasteiger charge is 2.35. The van der Waals surface area contributed by atoms with E-state index in [1.165, 1.54) is 4.90 Å². The van der Waals surface area contributed by atoms with E-state index < -0.39 is 5.76 Å². The number of aromatic amines is 1. The number of fused-ring (bicyclic) bond motifs is 1. The first-order valence-electron chi connectivity index (χ1n) is 5.67. The number of hydrogen-bond acceptors (Lipinski definition) is 4. The van der Waals surface area contributed by atoms with Crippen molar-refractivity contribution in [2.45, 2.75) is 6.04 Å². The summed E-state index contributed by atoms with van der Waals surface area (Å²) >= 11 is 0. The van der Waals surface area contributed by atoms with Gasteiger partial charge in [0.1, 0.15) is 0 Å². The Balaban J connectivity index is 2.03. The van der Waals surface area contributed by atoms with Gasteiger partial charge in [-0.1, -0.05) is 6.07 Å². The van der Waals surface area contributed by atoms with Crippen molar-refractivity contribution < 1.29 is 9.21 Å². The minimum atomic E-state index is -0.512. The average Bonchev–Trinajstić information content (AvgIpc) is 2.90. The molecular weight excluding hydrogens is 248 g/mol. The highest BCUT2D eigenvalue weighted by molar-refractivity contribution is 5.79. The molecule has 1 atom stereocenters. The Morgan fingerprint density at radius 1 is 1.47 bits per heavy atom. The molecule has 96 valence electrons. The minimum Gasteiger partial charge on any atom is -0.408 e. The normalized spacial score (nSPS) is 19.2. The Labute approximate surface area is 107 Å². The van der Waals surface area contributed by atoms with Gasteiger partial charge in [-0.05, 0) is 17.7 Å². The number of benzene rings is 1. The Bertz CT molecular complexity index is 754. The predicted octanol–water partition coefficient (Wildman–Crippen LogP) is 1.01. The third-order valence-electron chi connectivity index (χ3n) is 3.31. The lowest BCUT2D eigenvalue weighted by Gasteiger charge is -2.17. The maximum atomic E-state index is 11.7. The summed E-state index contributed by atoms with van der Waals surface area (Å²) in [5, 5.41) is 8.86. The van der Waals surface area contributed by atoms with Gasteiger partial charge in [0, 0.05) is 7.05 Å². The molecule has 1 aromatic heterocycles. The lowest BCUT2D eigenvalue weighted by atomic mass is 10.1. The highest BCUT2D eigenvalue weighted by Crippen LogP contribution is 2.29. The van der Waals surface area contributed by atoms with E-state index in [1.807, 2.05) is 12.3 Å². The molecule has 2 amide bonds. The lowest BCUT2D eigenvalue weighted by Crippen LogP contribution is -2.26. The molecule has 7 heteroatoms. The summed E-state index contributed by atoms with van der Waals surface area (Å²) in [5.41, 5.74) is 1.88. The second-order valence-corrected chi connectivity index (χ2v) is 4.39. The summed E-state index contributed by atoms with van der Waals surface area (Å²) in [4.78, 5) is 28.0. The Morgan fingerprint density at radius 3 is 2.95 bits per heavy atom. The molecule has 0 spiro atoms. The molecule has 1 unspecified atom stereocenters. The van der Waals surface area contributed by atoms with Crippen molar-refractivity contribution in [2.75, 3.05) is 13.6 Å². The summed E-state index contributed by atoms with van der Waals surface area (Å²) in [6, 6.07) is 4.69. The smallest absolute Gasteiger partial charge is 0.408 e. The van der Waals surface area contributed by atoms with Gasteiger partial charge < -0.3 is 9.32 Å². The molecule has 1 fully saturated rings. The van der Waals surface area contributed by atoms with Crippen molar-refractivity contribution in [3.63, 3.8) is 0 Å². The van der Waals surface area contributed by atoms with Crippen molar-refractivity contribution in [1.29, 1.82) is 5.26 Å². The number of rotatable bonds is 1. The third-order valence-corrected chi connectivity index (χ3v) is 3.31. The first-order valence-corrected chi connectivity index (χ1v) is 5.67. The summed E-state index contributed by atoms with van der Waals surface area (Å²) in [6.07, 6.45) is 1.85. The number of aromatic nitrogens is 1. The van der Waals surface area contributed by atoms with Crippen LogP contribution in [-0.2, 0) is 0 Å². The molecule has 1 aromatic carbocycles. The average molecular weight is 258 g/mol. The van der Waals surface area contributed by atoms with E-state index >= 15 is 0 Å². The van der Waals surface area contributed by atoms with Crippen molar-refractivity contribution in [3.05, 3.63) is 34.3 Å². The second-order valence-electron chi connectivity index (χ2n) is 4.39. The largest absolute Gasteiger partial charge is 0.417 e. The molecule has 3 rings (SSSR count). The van der Waals surface area contributed by atoms with Crippen LogP contribution in [0.3, 0.4) is 0 Å². The van der Waals surface area contributed by atoms with Crippen LogP contribution in [0, 0.1) is 11.5 Å². The van der Waals surface area contributed by atoms with Crippen LogP contribution in [0.2, 0.25) is 0 Å². The van der Waals surface area contributed by atoms with E-state index in [9.17, 15) is 9.59 Å². The maximum Gasteiger partial charge on any atom is 0.417 e. The Morgan fingerprint density at radius 2 is 2.26 bits per heavy atom.